The van der Waals surface area contributed by atoms with Crippen LogP contribution in [0.4, 0.5) is 5.69 Å². The molecule has 3 nitrogen and oxygen atoms in total. The first-order chi connectivity index (χ1) is 10.3. The van der Waals surface area contributed by atoms with E-state index in [4.69, 9.17) is 11.6 Å². The van der Waals surface area contributed by atoms with Crippen molar-refractivity contribution in [2.75, 3.05) is 5.32 Å². The van der Waals surface area contributed by atoms with E-state index in [0.717, 1.165) is 34.5 Å². The van der Waals surface area contributed by atoms with Gasteiger partial charge in [0, 0.05) is 16.5 Å². The second kappa shape index (κ2) is 5.08. The number of hydrogen-bond acceptors (Lipinski definition) is 2. The minimum Gasteiger partial charge on any atom is -0.381 e. The van der Waals surface area contributed by atoms with Crippen LogP contribution in [-0.4, -0.2) is 16.2 Å². The molecule has 0 unspecified atom stereocenters. The summed E-state index contributed by atoms with van der Waals surface area (Å²) < 4.78 is 0. The molecule has 106 valence electrons. The van der Waals surface area contributed by atoms with Gasteiger partial charge in [0.2, 0.25) is 0 Å². The lowest BCUT2D eigenvalue weighted by Gasteiger charge is -2.37. The Balaban J connectivity index is 1.46. The molecule has 1 aromatic heterocycles. The van der Waals surface area contributed by atoms with Gasteiger partial charge in [-0.3, -0.25) is 5.10 Å². The highest BCUT2D eigenvalue weighted by molar-refractivity contribution is 6.30. The molecule has 4 heteroatoms. The lowest BCUT2D eigenvalue weighted by atomic mass is 9.76. The second-order valence-electron chi connectivity index (χ2n) is 5.70. The van der Waals surface area contributed by atoms with Gasteiger partial charge in [0.15, 0.2) is 0 Å². The molecule has 0 amide bonds. The Morgan fingerprint density at radius 1 is 1.14 bits per heavy atom. The summed E-state index contributed by atoms with van der Waals surface area (Å²) in [5.74, 6) is 0.613. The Labute approximate surface area is 128 Å². The van der Waals surface area contributed by atoms with E-state index in [1.54, 1.807) is 0 Å². The number of hydrogen-bond donors (Lipinski definition) is 2. The minimum atomic E-state index is 0.517. The fourth-order valence-electron chi connectivity index (χ4n) is 3.08. The van der Waals surface area contributed by atoms with Crippen LogP contribution in [0.2, 0.25) is 5.02 Å². The summed E-state index contributed by atoms with van der Waals surface area (Å²) in [7, 11) is 0. The zero-order valence-electron chi connectivity index (χ0n) is 11.5. The number of para-hydroxylation sites is 1. The van der Waals surface area contributed by atoms with Crippen molar-refractivity contribution in [3.05, 3.63) is 59.2 Å². The Morgan fingerprint density at radius 2 is 2.00 bits per heavy atom. The third-order valence-electron chi connectivity index (χ3n) is 4.29. The third kappa shape index (κ3) is 2.38. The first kappa shape index (κ1) is 12.7. The van der Waals surface area contributed by atoms with Gasteiger partial charge in [0.1, 0.15) is 0 Å². The highest BCUT2D eigenvalue weighted by Crippen LogP contribution is 2.39. The van der Waals surface area contributed by atoms with Crippen molar-refractivity contribution in [3.63, 3.8) is 0 Å². The van der Waals surface area contributed by atoms with E-state index in [1.165, 1.54) is 5.56 Å². The molecular weight excluding hydrogens is 282 g/mol. The van der Waals surface area contributed by atoms with E-state index < -0.39 is 0 Å². The quantitative estimate of drug-likeness (QED) is 0.743. The number of aromatic nitrogens is 2. The predicted octanol–water partition coefficient (Wildman–Crippen LogP) is 4.57. The van der Waals surface area contributed by atoms with Gasteiger partial charge in [-0.1, -0.05) is 35.9 Å². The van der Waals surface area contributed by atoms with E-state index in [0.29, 0.717) is 12.0 Å². The molecule has 0 bridgehead atoms. The van der Waals surface area contributed by atoms with Crippen molar-refractivity contribution >= 4 is 28.2 Å². The molecule has 1 fully saturated rings. The number of benzene rings is 2. The molecule has 21 heavy (non-hydrogen) atoms. The molecule has 2 N–H and O–H groups in total. The summed E-state index contributed by atoms with van der Waals surface area (Å²) in [6, 6.07) is 15.0. The molecule has 0 atom stereocenters. The number of halogens is 1. The van der Waals surface area contributed by atoms with Crippen molar-refractivity contribution < 1.29 is 0 Å². The van der Waals surface area contributed by atoms with Crippen molar-refractivity contribution in [1.82, 2.24) is 10.2 Å². The van der Waals surface area contributed by atoms with Crippen molar-refractivity contribution in [1.29, 1.82) is 0 Å². The number of aromatic amines is 1. The maximum atomic E-state index is 6.06. The molecule has 0 spiro atoms. The second-order valence-corrected chi connectivity index (χ2v) is 6.14. The van der Waals surface area contributed by atoms with Gasteiger partial charge in [-0.25, -0.2) is 0 Å². The van der Waals surface area contributed by atoms with Gasteiger partial charge in [-0.05, 0) is 42.5 Å². The van der Waals surface area contributed by atoms with E-state index in [-0.39, 0.29) is 0 Å². The summed E-state index contributed by atoms with van der Waals surface area (Å²) >= 11 is 6.06. The maximum absolute atomic E-state index is 6.06. The number of H-pyrrole nitrogens is 1. The summed E-state index contributed by atoms with van der Waals surface area (Å²) in [6.45, 7) is 0. The summed E-state index contributed by atoms with van der Waals surface area (Å²) in [5.41, 5.74) is 3.57. The van der Waals surface area contributed by atoms with Gasteiger partial charge in [0.05, 0.1) is 17.4 Å². The van der Waals surface area contributed by atoms with E-state index in [2.05, 4.69) is 45.8 Å². The van der Waals surface area contributed by atoms with Crippen LogP contribution < -0.4 is 5.32 Å². The fourth-order valence-corrected chi connectivity index (χ4v) is 3.28. The predicted molar refractivity (Wildman–Crippen MR) is 86.9 cm³/mol. The summed E-state index contributed by atoms with van der Waals surface area (Å²) in [5, 5.41) is 12.8. The molecule has 3 aromatic rings. The molecule has 1 saturated carbocycles. The topological polar surface area (TPSA) is 40.7 Å². The Morgan fingerprint density at radius 3 is 2.86 bits per heavy atom. The largest absolute Gasteiger partial charge is 0.381 e. The Hall–Kier alpha value is -2.00. The molecule has 0 radical (unpaired) electrons. The molecule has 1 aliphatic carbocycles. The molecule has 0 aliphatic heterocycles. The SMILES string of the molecule is Clc1cccc(C2CC(Nc3cccc4cn[nH]c34)C2)c1. The van der Waals surface area contributed by atoms with Crippen molar-refractivity contribution in [2.24, 2.45) is 0 Å². The first-order valence-corrected chi connectivity index (χ1v) is 7.61. The molecule has 4 rings (SSSR count). The van der Waals surface area contributed by atoms with Crippen LogP contribution in [0.25, 0.3) is 10.9 Å². The molecule has 2 aromatic carbocycles. The van der Waals surface area contributed by atoms with Crippen LogP contribution in [0.3, 0.4) is 0 Å². The highest BCUT2D eigenvalue weighted by atomic mass is 35.5. The standard InChI is InChI=1S/C17H16ClN3/c18-14-5-1-3-11(7-14)13-8-15(9-13)20-16-6-2-4-12-10-19-21-17(12)16/h1-7,10,13,15,20H,8-9H2,(H,19,21). The van der Waals surface area contributed by atoms with Gasteiger partial charge in [-0.2, -0.15) is 5.10 Å². The van der Waals surface area contributed by atoms with Crippen LogP contribution in [0, 0.1) is 0 Å². The van der Waals surface area contributed by atoms with E-state index in [1.807, 2.05) is 18.3 Å². The Bertz CT molecular complexity index is 774. The number of anilines is 1. The highest BCUT2D eigenvalue weighted by Gasteiger charge is 2.30. The average Bonchev–Trinajstić information content (AvgIpc) is 2.91. The number of rotatable bonds is 3. The van der Waals surface area contributed by atoms with Crippen LogP contribution in [0.5, 0.6) is 0 Å². The first-order valence-electron chi connectivity index (χ1n) is 7.24. The number of nitrogens with one attached hydrogen (secondary N) is 2. The Kier molecular flexibility index (Phi) is 3.08. The van der Waals surface area contributed by atoms with Crippen LogP contribution in [0.1, 0.15) is 24.3 Å². The van der Waals surface area contributed by atoms with Crippen LogP contribution in [-0.2, 0) is 0 Å². The fraction of sp³-hybridized carbons (Fsp3) is 0.235. The summed E-state index contributed by atoms with van der Waals surface area (Å²) in [4.78, 5) is 0. The van der Waals surface area contributed by atoms with Crippen molar-refractivity contribution in [3.8, 4) is 0 Å². The number of fused-ring (bicyclic) bond motifs is 1. The van der Waals surface area contributed by atoms with Gasteiger partial charge < -0.3 is 5.32 Å². The molecular formula is C17H16ClN3. The monoisotopic (exact) mass is 297 g/mol. The lowest BCUT2D eigenvalue weighted by Crippen LogP contribution is -2.34. The lowest BCUT2D eigenvalue weighted by molar-refractivity contribution is 0.374. The van der Waals surface area contributed by atoms with E-state index >= 15 is 0 Å². The summed E-state index contributed by atoms with van der Waals surface area (Å²) in [6.07, 6.45) is 4.14. The van der Waals surface area contributed by atoms with Gasteiger partial charge >= 0.3 is 0 Å². The van der Waals surface area contributed by atoms with Crippen LogP contribution in [0.15, 0.2) is 48.7 Å². The maximum Gasteiger partial charge on any atom is 0.0881 e. The molecule has 1 aliphatic rings. The zero-order valence-corrected chi connectivity index (χ0v) is 12.3. The third-order valence-corrected chi connectivity index (χ3v) is 4.53. The molecule has 1 heterocycles. The van der Waals surface area contributed by atoms with Crippen molar-refractivity contribution in [2.45, 2.75) is 24.8 Å². The number of nitrogens with zero attached hydrogens (tertiary/aromatic N) is 1. The van der Waals surface area contributed by atoms with E-state index in [9.17, 15) is 0 Å². The molecule has 0 saturated heterocycles. The minimum absolute atomic E-state index is 0.517. The van der Waals surface area contributed by atoms with Gasteiger partial charge in [-0.15, -0.1) is 0 Å². The van der Waals surface area contributed by atoms with Crippen LogP contribution >= 0.6 is 11.6 Å². The smallest absolute Gasteiger partial charge is 0.0881 e. The van der Waals surface area contributed by atoms with Gasteiger partial charge in [0.25, 0.3) is 0 Å². The normalized spacial score (nSPS) is 21.2. The average molecular weight is 298 g/mol. The zero-order chi connectivity index (χ0) is 14.2.